The Morgan fingerprint density at radius 2 is 2.12 bits per heavy atom. The Morgan fingerprint density at radius 1 is 1.38 bits per heavy atom. The predicted molar refractivity (Wildman–Crippen MR) is 73.9 cm³/mol. The monoisotopic (exact) mass is 362 g/mol. The van der Waals surface area contributed by atoms with Crippen LogP contribution in [-0.2, 0) is 6.54 Å². The summed E-state index contributed by atoms with van der Waals surface area (Å²) in [7, 11) is 0. The van der Waals surface area contributed by atoms with Gasteiger partial charge in [-0.25, -0.2) is 0 Å². The Kier molecular flexibility index (Phi) is 3.51. The molecule has 0 atom stereocenters. The average Bonchev–Trinajstić information content (AvgIpc) is 2.60. The second-order valence-corrected chi connectivity index (χ2v) is 6.06. The third-order valence-corrected chi connectivity index (χ3v) is 4.27. The fourth-order valence-electron chi connectivity index (χ4n) is 1.32. The van der Waals surface area contributed by atoms with E-state index in [0.717, 1.165) is 4.47 Å². The van der Waals surface area contributed by atoms with E-state index >= 15 is 0 Å². The minimum atomic E-state index is -0.163. The number of aromatic nitrogens is 1. The first-order chi connectivity index (χ1) is 7.56. The van der Waals surface area contributed by atoms with Crippen LogP contribution in [0.2, 0.25) is 0 Å². The second-order valence-electron chi connectivity index (χ2n) is 3.29. The molecule has 6 heteroatoms. The van der Waals surface area contributed by atoms with Crippen LogP contribution < -0.4 is 11.2 Å². The molecular weight excluding hydrogens is 356 g/mol. The highest BCUT2D eigenvalue weighted by Crippen LogP contribution is 2.21. The van der Waals surface area contributed by atoms with Gasteiger partial charge in [-0.05, 0) is 37.9 Å². The van der Waals surface area contributed by atoms with E-state index in [1.54, 1.807) is 23.7 Å². The highest BCUT2D eigenvalue weighted by atomic mass is 79.9. The van der Waals surface area contributed by atoms with E-state index in [4.69, 9.17) is 5.73 Å². The van der Waals surface area contributed by atoms with Gasteiger partial charge in [-0.15, -0.1) is 11.3 Å². The van der Waals surface area contributed by atoms with Crippen molar-refractivity contribution in [3.8, 4) is 0 Å². The van der Waals surface area contributed by atoms with E-state index in [1.807, 2.05) is 16.0 Å². The molecule has 0 aliphatic heterocycles. The summed E-state index contributed by atoms with van der Waals surface area (Å²) in [5, 5.41) is 2.02. The first-order valence-electron chi connectivity index (χ1n) is 4.44. The topological polar surface area (TPSA) is 48.0 Å². The van der Waals surface area contributed by atoms with Gasteiger partial charge in [0.2, 0.25) is 5.43 Å². The molecule has 0 saturated heterocycles. The van der Waals surface area contributed by atoms with Crippen molar-refractivity contribution in [1.82, 2.24) is 4.57 Å². The summed E-state index contributed by atoms with van der Waals surface area (Å²) < 4.78 is 3.45. The summed E-state index contributed by atoms with van der Waals surface area (Å²) in [6, 6.07) is 2.05. The molecule has 0 unspecified atom stereocenters. The zero-order valence-corrected chi connectivity index (χ0v) is 12.1. The molecule has 0 spiro atoms. The molecule has 3 nitrogen and oxygen atoms in total. The van der Waals surface area contributed by atoms with Gasteiger partial charge in [-0.3, -0.25) is 4.79 Å². The maximum Gasteiger partial charge on any atom is 0.218 e. The quantitative estimate of drug-likeness (QED) is 0.891. The van der Waals surface area contributed by atoms with Crippen LogP contribution in [0.15, 0.2) is 37.6 Å². The molecule has 2 N–H and O–H groups in total. The molecule has 2 aromatic rings. The van der Waals surface area contributed by atoms with Gasteiger partial charge in [0, 0.05) is 27.1 Å². The van der Waals surface area contributed by atoms with Gasteiger partial charge < -0.3 is 10.3 Å². The Bertz CT molecular complexity index is 550. The molecular formula is C10H8Br2N2OS. The van der Waals surface area contributed by atoms with Gasteiger partial charge in [0.15, 0.2) is 0 Å². The van der Waals surface area contributed by atoms with Crippen molar-refractivity contribution in [3.63, 3.8) is 0 Å². The number of nitrogen functional groups attached to an aromatic ring is 1. The van der Waals surface area contributed by atoms with Gasteiger partial charge in [0.05, 0.1) is 16.7 Å². The highest BCUT2D eigenvalue weighted by molar-refractivity contribution is 9.10. The number of nitrogens with zero attached hydrogens (tertiary/aromatic N) is 1. The van der Waals surface area contributed by atoms with Crippen LogP contribution >= 0.6 is 43.2 Å². The molecule has 0 amide bonds. The van der Waals surface area contributed by atoms with Gasteiger partial charge in [-0.2, -0.15) is 0 Å². The van der Waals surface area contributed by atoms with Crippen molar-refractivity contribution in [2.45, 2.75) is 6.54 Å². The number of hydrogen-bond acceptors (Lipinski definition) is 3. The number of rotatable bonds is 2. The minimum Gasteiger partial charge on any atom is -0.394 e. The number of halogens is 2. The standard InChI is InChI=1S/C10H8Br2N2OS/c11-6-1-7(16-5-6)2-14-3-8(12)10(15)9(13)4-14/h1,3-5H,2,13H2. The molecule has 0 fully saturated rings. The average molecular weight is 364 g/mol. The van der Waals surface area contributed by atoms with E-state index in [0.29, 0.717) is 11.0 Å². The van der Waals surface area contributed by atoms with E-state index in [-0.39, 0.29) is 11.1 Å². The smallest absolute Gasteiger partial charge is 0.218 e. The fraction of sp³-hybridized carbons (Fsp3) is 0.100. The largest absolute Gasteiger partial charge is 0.394 e. The van der Waals surface area contributed by atoms with Crippen LogP contribution in [0.3, 0.4) is 0 Å². The Balaban J connectivity index is 2.32. The lowest BCUT2D eigenvalue weighted by Gasteiger charge is -2.06. The summed E-state index contributed by atoms with van der Waals surface area (Å²) in [6.45, 7) is 0.708. The van der Waals surface area contributed by atoms with Crippen molar-refractivity contribution in [3.05, 3.63) is 47.9 Å². The maximum absolute atomic E-state index is 11.4. The highest BCUT2D eigenvalue weighted by Gasteiger charge is 2.04. The molecule has 0 aliphatic rings. The summed E-state index contributed by atoms with van der Waals surface area (Å²) in [4.78, 5) is 12.6. The van der Waals surface area contributed by atoms with Crippen molar-refractivity contribution < 1.29 is 0 Å². The Labute approximate surface area is 113 Å². The van der Waals surface area contributed by atoms with Gasteiger partial charge in [0.1, 0.15) is 0 Å². The Morgan fingerprint density at radius 3 is 2.69 bits per heavy atom. The first-order valence-corrected chi connectivity index (χ1v) is 6.91. The van der Waals surface area contributed by atoms with E-state index in [1.165, 1.54) is 4.88 Å². The Hall–Kier alpha value is -0.590. The summed E-state index contributed by atoms with van der Waals surface area (Å²) >= 11 is 8.26. The second kappa shape index (κ2) is 4.73. The lowest BCUT2D eigenvalue weighted by atomic mass is 10.4. The van der Waals surface area contributed by atoms with Crippen LogP contribution in [0.4, 0.5) is 5.69 Å². The van der Waals surface area contributed by atoms with Crippen LogP contribution in [0.5, 0.6) is 0 Å². The number of thiophene rings is 1. The summed E-state index contributed by atoms with van der Waals surface area (Å²) in [5.41, 5.74) is 5.70. The molecule has 2 rings (SSSR count). The van der Waals surface area contributed by atoms with Gasteiger partial charge in [-0.1, -0.05) is 0 Å². The van der Waals surface area contributed by atoms with Crippen molar-refractivity contribution >= 4 is 48.9 Å². The van der Waals surface area contributed by atoms with Crippen molar-refractivity contribution in [1.29, 1.82) is 0 Å². The number of anilines is 1. The molecule has 0 saturated carbocycles. The fourth-order valence-corrected chi connectivity index (χ4v) is 3.28. The minimum absolute atomic E-state index is 0.163. The van der Waals surface area contributed by atoms with E-state index in [2.05, 4.69) is 31.9 Å². The molecule has 0 aromatic carbocycles. The SMILES string of the molecule is Nc1cn(Cc2cc(Br)cs2)cc(Br)c1=O. The van der Waals surface area contributed by atoms with Crippen LogP contribution in [0.1, 0.15) is 4.88 Å². The first kappa shape index (κ1) is 11.9. The summed E-state index contributed by atoms with van der Waals surface area (Å²) in [6.07, 6.45) is 3.40. The number of hydrogen-bond donors (Lipinski definition) is 1. The third-order valence-electron chi connectivity index (χ3n) is 2.02. The van der Waals surface area contributed by atoms with Gasteiger partial charge in [0.25, 0.3) is 0 Å². The van der Waals surface area contributed by atoms with E-state index < -0.39 is 0 Å². The molecule has 84 valence electrons. The lowest BCUT2D eigenvalue weighted by molar-refractivity contribution is 0.799. The molecule has 0 bridgehead atoms. The van der Waals surface area contributed by atoms with Crippen LogP contribution in [-0.4, -0.2) is 4.57 Å². The van der Waals surface area contributed by atoms with Crippen molar-refractivity contribution in [2.24, 2.45) is 0 Å². The molecule has 0 aliphatic carbocycles. The van der Waals surface area contributed by atoms with E-state index in [9.17, 15) is 4.79 Å². The van der Waals surface area contributed by atoms with Gasteiger partial charge >= 0.3 is 0 Å². The maximum atomic E-state index is 11.4. The van der Waals surface area contributed by atoms with Crippen LogP contribution in [0.25, 0.3) is 0 Å². The van der Waals surface area contributed by atoms with Crippen LogP contribution in [0, 0.1) is 0 Å². The third kappa shape index (κ3) is 2.56. The predicted octanol–water partition coefficient (Wildman–Crippen LogP) is 3.07. The number of nitrogens with two attached hydrogens (primary N) is 1. The molecule has 2 heterocycles. The normalized spacial score (nSPS) is 10.6. The zero-order chi connectivity index (χ0) is 11.7. The zero-order valence-electron chi connectivity index (χ0n) is 8.11. The molecule has 0 radical (unpaired) electrons. The lowest BCUT2D eigenvalue weighted by Crippen LogP contribution is -2.13. The van der Waals surface area contributed by atoms with Crippen molar-refractivity contribution in [2.75, 3.05) is 5.73 Å². The number of pyridine rings is 1. The molecule has 2 aromatic heterocycles. The summed E-state index contributed by atoms with van der Waals surface area (Å²) in [5.74, 6) is 0. The molecule has 16 heavy (non-hydrogen) atoms.